The van der Waals surface area contributed by atoms with Crippen molar-refractivity contribution in [3.8, 4) is 0 Å². The van der Waals surface area contributed by atoms with E-state index in [2.05, 4.69) is 91.1 Å². The number of unbranched alkanes of at least 4 members (excludes halogenated alkanes) is 1. The minimum absolute atomic E-state index is 0.750. The molecule has 1 saturated carbocycles. The highest BCUT2D eigenvalue weighted by Gasteiger charge is 2.28. The normalized spacial score (nSPS) is 12.7. The number of rotatable bonds is 10. The molecule has 1 fully saturated rings. The van der Waals surface area contributed by atoms with Crippen LogP contribution in [0.15, 0.2) is 60.7 Å². The second-order valence-electron chi connectivity index (χ2n) is 8.87. The standard InChI is InChI=1S/C10H14.C10H18.C9H16.C2H7N.C2H6/c1-3-5-10-7-4-6-9(2)8-10;1-3-5-6-9(4-2)10-7-8-10;1-5-7-9(6-2)8(3)4;1-2-3;1-2/h4,6-8H,3,5H2,1-2H3;4,9-10H,2-3,5-8H2,1H3;6H,3,5,7H2,1-2,4H3;2-3H2,1H3;1-2H3/b;;9-6+;;. The zero-order valence-electron chi connectivity index (χ0n) is 24.7. The van der Waals surface area contributed by atoms with Crippen LogP contribution in [0.5, 0.6) is 0 Å². The third-order valence-corrected chi connectivity index (χ3v) is 5.46. The second-order valence-corrected chi connectivity index (χ2v) is 8.87. The predicted molar refractivity (Wildman–Crippen MR) is 161 cm³/mol. The van der Waals surface area contributed by atoms with Crippen LogP contribution in [0.2, 0.25) is 0 Å². The van der Waals surface area contributed by atoms with Crippen LogP contribution >= 0.6 is 0 Å². The average molecular weight is 472 g/mol. The minimum atomic E-state index is 0.750. The van der Waals surface area contributed by atoms with Crippen LogP contribution in [0.1, 0.15) is 118 Å². The molecule has 0 amide bonds. The Labute approximate surface area is 216 Å². The fourth-order valence-electron chi connectivity index (χ4n) is 3.54. The Morgan fingerprint density at radius 1 is 1.09 bits per heavy atom. The number of aryl methyl sites for hydroxylation is 2. The molecule has 0 bridgehead atoms. The van der Waals surface area contributed by atoms with Gasteiger partial charge in [-0.1, -0.05) is 121 Å². The third-order valence-electron chi connectivity index (χ3n) is 5.46. The lowest BCUT2D eigenvalue weighted by atomic mass is 9.97. The van der Waals surface area contributed by atoms with Crippen LogP contribution in [0.25, 0.3) is 0 Å². The van der Waals surface area contributed by atoms with E-state index in [4.69, 9.17) is 5.73 Å². The molecule has 0 aliphatic heterocycles. The summed E-state index contributed by atoms with van der Waals surface area (Å²) >= 11 is 0. The van der Waals surface area contributed by atoms with Gasteiger partial charge in [-0.2, -0.15) is 0 Å². The lowest BCUT2D eigenvalue weighted by Crippen LogP contribution is -1.97. The summed E-state index contributed by atoms with van der Waals surface area (Å²) in [4.78, 5) is 0. The van der Waals surface area contributed by atoms with E-state index in [-0.39, 0.29) is 0 Å². The van der Waals surface area contributed by atoms with Crippen molar-refractivity contribution in [2.75, 3.05) is 6.54 Å². The Morgan fingerprint density at radius 2 is 1.68 bits per heavy atom. The van der Waals surface area contributed by atoms with Crippen molar-refractivity contribution < 1.29 is 0 Å². The van der Waals surface area contributed by atoms with E-state index in [1.807, 2.05) is 20.8 Å². The fraction of sp³-hybridized carbons (Fsp3) is 0.636. The molecule has 198 valence electrons. The molecule has 0 radical (unpaired) electrons. The van der Waals surface area contributed by atoms with Crippen LogP contribution < -0.4 is 5.73 Å². The predicted octanol–water partition coefficient (Wildman–Crippen LogP) is 10.6. The molecule has 1 nitrogen and oxygen atoms in total. The number of allylic oxidation sites excluding steroid dienone is 4. The first kappa shape index (κ1) is 37.0. The topological polar surface area (TPSA) is 26.0 Å². The summed E-state index contributed by atoms with van der Waals surface area (Å²) in [5.41, 5.74) is 10.3. The van der Waals surface area contributed by atoms with Gasteiger partial charge in [0, 0.05) is 0 Å². The van der Waals surface area contributed by atoms with Gasteiger partial charge >= 0.3 is 0 Å². The van der Waals surface area contributed by atoms with Crippen LogP contribution in [0.3, 0.4) is 0 Å². The maximum absolute atomic E-state index is 4.85. The van der Waals surface area contributed by atoms with E-state index < -0.39 is 0 Å². The molecule has 0 saturated heterocycles. The molecule has 0 spiro atoms. The number of hydrogen-bond acceptors (Lipinski definition) is 1. The third kappa shape index (κ3) is 23.6. The van der Waals surface area contributed by atoms with E-state index in [9.17, 15) is 0 Å². The lowest BCUT2D eigenvalue weighted by Gasteiger charge is -2.08. The molecule has 1 atom stereocenters. The van der Waals surface area contributed by atoms with Gasteiger partial charge in [-0.3, -0.25) is 0 Å². The van der Waals surface area contributed by atoms with Crippen molar-refractivity contribution in [3.05, 3.63) is 71.8 Å². The van der Waals surface area contributed by atoms with Gasteiger partial charge in [-0.15, -0.1) is 6.58 Å². The monoisotopic (exact) mass is 471 g/mol. The van der Waals surface area contributed by atoms with Crippen LogP contribution in [-0.2, 0) is 6.42 Å². The summed E-state index contributed by atoms with van der Waals surface area (Å²) in [6, 6.07) is 8.71. The molecular formula is C33H61N. The quantitative estimate of drug-likeness (QED) is 0.266. The van der Waals surface area contributed by atoms with Crippen molar-refractivity contribution in [1.82, 2.24) is 0 Å². The lowest BCUT2D eigenvalue weighted by molar-refractivity contribution is 0.500. The number of benzene rings is 1. The van der Waals surface area contributed by atoms with Crippen molar-refractivity contribution in [3.63, 3.8) is 0 Å². The summed E-state index contributed by atoms with van der Waals surface area (Å²) in [5.74, 6) is 1.86. The largest absolute Gasteiger partial charge is 0.331 e. The zero-order valence-corrected chi connectivity index (χ0v) is 24.7. The van der Waals surface area contributed by atoms with Gasteiger partial charge in [0.1, 0.15) is 0 Å². The smallest absolute Gasteiger partial charge is 0.0106 e. The maximum Gasteiger partial charge on any atom is -0.0106 e. The first-order valence-electron chi connectivity index (χ1n) is 14.0. The summed E-state index contributed by atoms with van der Waals surface area (Å²) in [5, 5.41) is 0. The maximum atomic E-state index is 4.85. The molecule has 2 N–H and O–H groups in total. The summed E-state index contributed by atoms with van der Waals surface area (Å²) in [6.07, 6.45) is 16.2. The van der Waals surface area contributed by atoms with Crippen molar-refractivity contribution in [1.29, 1.82) is 0 Å². The van der Waals surface area contributed by atoms with Crippen molar-refractivity contribution in [2.45, 2.75) is 120 Å². The summed E-state index contributed by atoms with van der Waals surface area (Å²) < 4.78 is 0. The highest BCUT2D eigenvalue weighted by molar-refractivity contribution is 5.25. The van der Waals surface area contributed by atoms with Gasteiger partial charge in [-0.25, -0.2) is 0 Å². The Morgan fingerprint density at radius 3 is 2.00 bits per heavy atom. The molecule has 1 aliphatic rings. The first-order valence-corrected chi connectivity index (χ1v) is 14.0. The van der Waals surface area contributed by atoms with Gasteiger partial charge in [0.05, 0.1) is 0 Å². The molecule has 34 heavy (non-hydrogen) atoms. The number of nitrogens with two attached hydrogens (primary N) is 1. The van der Waals surface area contributed by atoms with Gasteiger partial charge in [0.15, 0.2) is 0 Å². The van der Waals surface area contributed by atoms with E-state index in [1.54, 1.807) is 0 Å². The first-order chi connectivity index (χ1) is 16.3. The van der Waals surface area contributed by atoms with Gasteiger partial charge in [-0.05, 0) is 82.4 Å². The van der Waals surface area contributed by atoms with Gasteiger partial charge in [0.25, 0.3) is 0 Å². The van der Waals surface area contributed by atoms with Gasteiger partial charge < -0.3 is 5.73 Å². The van der Waals surface area contributed by atoms with E-state index >= 15 is 0 Å². The average Bonchev–Trinajstić information content (AvgIpc) is 3.66. The van der Waals surface area contributed by atoms with Crippen LogP contribution in [-0.4, -0.2) is 6.54 Å². The zero-order chi connectivity index (χ0) is 26.8. The second kappa shape index (κ2) is 27.6. The van der Waals surface area contributed by atoms with E-state index in [1.165, 1.54) is 80.1 Å². The molecule has 1 aromatic carbocycles. The summed E-state index contributed by atoms with van der Waals surface area (Å²) in [7, 11) is 0. The van der Waals surface area contributed by atoms with E-state index in [0.717, 1.165) is 18.4 Å². The van der Waals surface area contributed by atoms with Crippen molar-refractivity contribution >= 4 is 0 Å². The van der Waals surface area contributed by atoms with Crippen LogP contribution in [0, 0.1) is 18.8 Å². The van der Waals surface area contributed by atoms with Crippen molar-refractivity contribution in [2.24, 2.45) is 17.6 Å². The molecule has 1 unspecified atom stereocenters. The molecule has 0 heterocycles. The molecule has 1 aliphatic carbocycles. The molecule has 0 aromatic heterocycles. The Hall–Kier alpha value is -1.60. The highest BCUT2D eigenvalue weighted by Crippen LogP contribution is 2.39. The molecule has 1 aromatic rings. The van der Waals surface area contributed by atoms with E-state index in [0.29, 0.717) is 0 Å². The van der Waals surface area contributed by atoms with Crippen LogP contribution in [0.4, 0.5) is 0 Å². The SMILES string of the molecule is C=C(C)/C(=C/C)CCC.C=CC(CCCC)C1CC1.CC.CCCc1cccc(C)c1.CCN. The molecule has 2 rings (SSSR count). The summed E-state index contributed by atoms with van der Waals surface area (Å²) in [6.45, 7) is 27.3. The highest BCUT2D eigenvalue weighted by atomic mass is 14.5. The number of hydrogen-bond donors (Lipinski definition) is 1. The molecule has 1 heteroatoms. The minimum Gasteiger partial charge on any atom is -0.331 e. The Bertz CT molecular complexity index is 607. The van der Waals surface area contributed by atoms with Gasteiger partial charge in [0.2, 0.25) is 0 Å². The fourth-order valence-corrected chi connectivity index (χ4v) is 3.54. The Balaban J connectivity index is -0.000000387. The Kier molecular flexibility index (Phi) is 30.0. The molecular weight excluding hydrogens is 410 g/mol.